The summed E-state index contributed by atoms with van der Waals surface area (Å²) in [4.78, 5) is 7.92. The number of nitrogens with two attached hydrogens (primary N) is 1. The van der Waals surface area contributed by atoms with Crippen LogP contribution in [0.1, 0.15) is 17.4 Å². The van der Waals surface area contributed by atoms with Crippen LogP contribution >= 0.6 is 15.9 Å². The highest BCUT2D eigenvalue weighted by Gasteiger charge is 2.15. The molecule has 2 aromatic rings. The van der Waals surface area contributed by atoms with E-state index in [1.54, 1.807) is 0 Å². The number of aliphatic hydroxyl groups is 1. The van der Waals surface area contributed by atoms with Gasteiger partial charge in [-0.05, 0) is 17.7 Å². The molecule has 1 aromatic carbocycles. The average molecular weight is 280 g/mol. The van der Waals surface area contributed by atoms with Crippen molar-refractivity contribution in [2.45, 2.75) is 6.10 Å². The highest BCUT2D eigenvalue weighted by atomic mass is 79.9. The van der Waals surface area contributed by atoms with E-state index in [1.165, 1.54) is 12.4 Å². The molecule has 1 heterocycles. The second kappa shape index (κ2) is 4.59. The molecule has 0 saturated carbocycles. The zero-order valence-corrected chi connectivity index (χ0v) is 9.92. The van der Waals surface area contributed by atoms with E-state index >= 15 is 0 Å². The fraction of sp³-hybridized carbons (Fsp3) is 0.0909. The topological polar surface area (TPSA) is 72.0 Å². The molecule has 0 spiro atoms. The first-order chi connectivity index (χ1) is 7.68. The Morgan fingerprint density at radius 1 is 1.25 bits per heavy atom. The fourth-order valence-corrected chi connectivity index (χ4v) is 1.82. The van der Waals surface area contributed by atoms with Crippen LogP contribution in [0.25, 0.3) is 0 Å². The van der Waals surface area contributed by atoms with Crippen LogP contribution < -0.4 is 5.73 Å². The molecule has 0 fully saturated rings. The van der Waals surface area contributed by atoms with Gasteiger partial charge in [-0.2, -0.15) is 0 Å². The van der Waals surface area contributed by atoms with Crippen LogP contribution in [0.2, 0.25) is 0 Å². The van der Waals surface area contributed by atoms with Crippen molar-refractivity contribution in [3.8, 4) is 0 Å². The Hall–Kier alpha value is -1.46. The molecule has 16 heavy (non-hydrogen) atoms. The molecule has 82 valence electrons. The largest absolute Gasteiger partial charge is 0.382 e. The summed E-state index contributed by atoms with van der Waals surface area (Å²) < 4.78 is 0.895. The van der Waals surface area contributed by atoms with Crippen molar-refractivity contribution in [2.75, 3.05) is 5.73 Å². The molecular weight excluding hydrogens is 270 g/mol. The van der Waals surface area contributed by atoms with Gasteiger partial charge < -0.3 is 10.8 Å². The van der Waals surface area contributed by atoms with Crippen molar-refractivity contribution in [3.05, 3.63) is 52.4 Å². The lowest BCUT2D eigenvalue weighted by molar-refractivity contribution is 0.215. The summed E-state index contributed by atoms with van der Waals surface area (Å²) in [7, 11) is 0. The van der Waals surface area contributed by atoms with E-state index in [9.17, 15) is 5.11 Å². The quantitative estimate of drug-likeness (QED) is 0.881. The van der Waals surface area contributed by atoms with Gasteiger partial charge in [-0.25, -0.2) is 4.98 Å². The molecule has 0 saturated heterocycles. The lowest BCUT2D eigenvalue weighted by atomic mass is 10.1. The van der Waals surface area contributed by atoms with Crippen LogP contribution in [0.3, 0.4) is 0 Å². The Morgan fingerprint density at radius 3 is 2.69 bits per heavy atom. The third-order valence-corrected chi connectivity index (χ3v) is 2.67. The Morgan fingerprint density at radius 2 is 2.00 bits per heavy atom. The van der Waals surface area contributed by atoms with E-state index < -0.39 is 6.10 Å². The van der Waals surface area contributed by atoms with Crippen LogP contribution in [0.5, 0.6) is 0 Å². The van der Waals surface area contributed by atoms with Crippen LogP contribution in [0, 0.1) is 0 Å². The highest BCUT2D eigenvalue weighted by molar-refractivity contribution is 9.10. The maximum absolute atomic E-state index is 10.1. The van der Waals surface area contributed by atoms with Crippen LogP contribution in [0.4, 0.5) is 5.82 Å². The summed E-state index contributed by atoms with van der Waals surface area (Å²) in [5, 5.41) is 10.1. The zero-order valence-electron chi connectivity index (χ0n) is 8.34. The number of hydrogen-bond acceptors (Lipinski definition) is 4. The number of rotatable bonds is 2. The minimum atomic E-state index is -0.855. The van der Waals surface area contributed by atoms with E-state index in [-0.39, 0.29) is 5.82 Å². The van der Waals surface area contributed by atoms with Gasteiger partial charge in [-0.3, -0.25) is 4.98 Å². The molecule has 5 heteroatoms. The van der Waals surface area contributed by atoms with Crippen LogP contribution in [-0.4, -0.2) is 15.1 Å². The second-order valence-corrected chi connectivity index (χ2v) is 4.20. The number of nitrogen functional groups attached to an aromatic ring is 1. The van der Waals surface area contributed by atoms with Gasteiger partial charge in [-0.1, -0.05) is 28.1 Å². The van der Waals surface area contributed by atoms with Gasteiger partial charge in [0.1, 0.15) is 17.6 Å². The van der Waals surface area contributed by atoms with Gasteiger partial charge in [0.05, 0.1) is 0 Å². The van der Waals surface area contributed by atoms with Crippen molar-refractivity contribution in [1.29, 1.82) is 0 Å². The molecule has 4 nitrogen and oxygen atoms in total. The summed E-state index contributed by atoms with van der Waals surface area (Å²) in [5.74, 6) is 0.245. The van der Waals surface area contributed by atoms with Gasteiger partial charge in [0.25, 0.3) is 0 Å². The first-order valence-electron chi connectivity index (χ1n) is 4.68. The minimum absolute atomic E-state index is 0.245. The monoisotopic (exact) mass is 279 g/mol. The van der Waals surface area contributed by atoms with E-state index in [2.05, 4.69) is 25.9 Å². The van der Waals surface area contributed by atoms with E-state index in [4.69, 9.17) is 5.73 Å². The van der Waals surface area contributed by atoms with Crippen molar-refractivity contribution >= 4 is 21.7 Å². The fourth-order valence-electron chi connectivity index (χ4n) is 1.40. The van der Waals surface area contributed by atoms with E-state index in [0.29, 0.717) is 5.69 Å². The van der Waals surface area contributed by atoms with Gasteiger partial charge >= 0.3 is 0 Å². The second-order valence-electron chi connectivity index (χ2n) is 3.28. The van der Waals surface area contributed by atoms with Gasteiger partial charge in [0.2, 0.25) is 0 Å². The Kier molecular flexibility index (Phi) is 3.17. The molecule has 0 amide bonds. The van der Waals surface area contributed by atoms with Crippen molar-refractivity contribution in [1.82, 2.24) is 9.97 Å². The van der Waals surface area contributed by atoms with Crippen LogP contribution in [-0.2, 0) is 0 Å². The third-order valence-electron chi connectivity index (χ3n) is 2.18. The Bertz CT molecular complexity index is 504. The van der Waals surface area contributed by atoms with Gasteiger partial charge in [0, 0.05) is 16.9 Å². The lowest BCUT2D eigenvalue weighted by Crippen LogP contribution is -2.07. The molecule has 0 aliphatic heterocycles. The standard InChI is InChI=1S/C11H10BrN3O/c12-8-3-1-2-7(6-8)10(16)9-11(13)15-5-4-14-9/h1-6,10,16H,(H2,13,15). The third kappa shape index (κ3) is 2.20. The average Bonchev–Trinajstić information content (AvgIpc) is 2.29. The molecule has 0 aliphatic carbocycles. The smallest absolute Gasteiger partial charge is 0.148 e. The molecule has 1 aromatic heterocycles. The first-order valence-corrected chi connectivity index (χ1v) is 5.47. The lowest BCUT2D eigenvalue weighted by Gasteiger charge is -2.11. The summed E-state index contributed by atoms with van der Waals surface area (Å²) in [5.41, 5.74) is 6.75. The van der Waals surface area contributed by atoms with Crippen LogP contribution in [0.15, 0.2) is 41.1 Å². The molecule has 1 unspecified atom stereocenters. The molecule has 0 bridgehead atoms. The normalized spacial score (nSPS) is 12.4. The number of aromatic nitrogens is 2. The summed E-state index contributed by atoms with van der Waals surface area (Å²) in [6, 6.07) is 7.35. The maximum atomic E-state index is 10.1. The van der Waals surface area contributed by atoms with Gasteiger partial charge in [-0.15, -0.1) is 0 Å². The molecular formula is C11H10BrN3O. The van der Waals surface area contributed by atoms with Gasteiger partial charge in [0.15, 0.2) is 0 Å². The number of halogens is 1. The van der Waals surface area contributed by atoms with Crippen molar-refractivity contribution in [2.24, 2.45) is 0 Å². The first kappa shape index (κ1) is 11.0. The molecule has 2 rings (SSSR count). The predicted molar refractivity (Wildman–Crippen MR) is 64.6 cm³/mol. The minimum Gasteiger partial charge on any atom is -0.382 e. The molecule has 3 N–H and O–H groups in total. The highest BCUT2D eigenvalue weighted by Crippen LogP contribution is 2.25. The SMILES string of the molecule is Nc1nccnc1C(O)c1cccc(Br)c1. The molecule has 0 radical (unpaired) electrons. The van der Waals surface area contributed by atoms with Crippen molar-refractivity contribution < 1.29 is 5.11 Å². The summed E-state index contributed by atoms with van der Waals surface area (Å²) >= 11 is 3.34. The number of nitrogens with zero attached hydrogens (tertiary/aromatic N) is 2. The molecule has 1 atom stereocenters. The predicted octanol–water partition coefficient (Wildman–Crippen LogP) is 1.90. The van der Waals surface area contributed by atoms with E-state index in [1.807, 2.05) is 24.3 Å². The number of hydrogen-bond donors (Lipinski definition) is 2. The maximum Gasteiger partial charge on any atom is 0.148 e. The Balaban J connectivity index is 2.39. The number of benzene rings is 1. The Labute approximate surface area is 101 Å². The molecule has 0 aliphatic rings. The van der Waals surface area contributed by atoms with E-state index in [0.717, 1.165) is 10.0 Å². The number of aliphatic hydroxyl groups excluding tert-OH is 1. The summed E-state index contributed by atoms with van der Waals surface area (Å²) in [6.07, 6.45) is 2.14. The summed E-state index contributed by atoms with van der Waals surface area (Å²) in [6.45, 7) is 0. The zero-order chi connectivity index (χ0) is 11.5. The number of anilines is 1. The van der Waals surface area contributed by atoms with Crippen molar-refractivity contribution in [3.63, 3.8) is 0 Å².